The Morgan fingerprint density at radius 1 is 1.24 bits per heavy atom. The number of nitrogens with zero attached hydrogens (tertiary/aromatic N) is 3. The number of furan rings is 1. The summed E-state index contributed by atoms with van der Waals surface area (Å²) in [5, 5.41) is 13.4. The molecule has 156 valence electrons. The quantitative estimate of drug-likeness (QED) is 0.242. The maximum absolute atomic E-state index is 5.89. The molecule has 3 N–H and O–H groups in total. The molecule has 3 aromatic rings. The fourth-order valence-electron chi connectivity index (χ4n) is 2.47. The molecule has 0 radical (unpaired) electrons. The van der Waals surface area contributed by atoms with Crippen molar-refractivity contribution in [3.8, 4) is 23.1 Å². The van der Waals surface area contributed by atoms with Crippen LogP contribution in [-0.2, 0) is 6.54 Å². The first-order chi connectivity index (χ1) is 13.7. The van der Waals surface area contributed by atoms with E-state index in [1.54, 1.807) is 26.5 Å². The van der Waals surface area contributed by atoms with Gasteiger partial charge in [-0.05, 0) is 31.2 Å². The third-order valence-electron chi connectivity index (χ3n) is 3.86. The number of rotatable bonds is 8. The maximum Gasteiger partial charge on any atom is 0.216 e. The number of H-pyrrole nitrogens is 1. The monoisotopic (exact) mass is 512 g/mol. The van der Waals surface area contributed by atoms with Gasteiger partial charge in [0.05, 0.1) is 26.5 Å². The highest BCUT2D eigenvalue weighted by atomic mass is 127. The second kappa shape index (κ2) is 11.3. The summed E-state index contributed by atoms with van der Waals surface area (Å²) in [5.41, 5.74) is 0. The first kappa shape index (κ1) is 22.5. The summed E-state index contributed by atoms with van der Waals surface area (Å²) in [6.07, 6.45) is 1.52. The van der Waals surface area contributed by atoms with Gasteiger partial charge >= 0.3 is 0 Å². The van der Waals surface area contributed by atoms with Gasteiger partial charge in [-0.2, -0.15) is 0 Å². The highest BCUT2D eigenvalue weighted by Crippen LogP contribution is 2.19. The molecule has 2 aromatic heterocycles. The molecule has 10 heteroatoms. The Morgan fingerprint density at radius 3 is 2.79 bits per heavy atom. The lowest BCUT2D eigenvalue weighted by atomic mass is 10.3. The number of aromatic nitrogens is 3. The van der Waals surface area contributed by atoms with Crippen molar-refractivity contribution >= 4 is 29.9 Å². The molecule has 0 spiro atoms. The number of aromatic amines is 1. The zero-order valence-corrected chi connectivity index (χ0v) is 18.8. The molecule has 3 rings (SSSR count). The second-order valence-corrected chi connectivity index (χ2v) is 6.00. The van der Waals surface area contributed by atoms with Gasteiger partial charge in [0.15, 0.2) is 11.7 Å². The van der Waals surface area contributed by atoms with E-state index in [-0.39, 0.29) is 30.1 Å². The Kier molecular flexibility index (Phi) is 8.77. The van der Waals surface area contributed by atoms with E-state index in [0.717, 1.165) is 11.5 Å². The maximum atomic E-state index is 5.89. The van der Waals surface area contributed by atoms with Gasteiger partial charge in [-0.1, -0.05) is 6.07 Å². The Morgan fingerprint density at radius 2 is 2.07 bits per heavy atom. The van der Waals surface area contributed by atoms with Crippen molar-refractivity contribution in [2.45, 2.75) is 19.6 Å². The molecule has 1 unspecified atom stereocenters. The Labute approximate surface area is 186 Å². The standard InChI is InChI=1S/C19H24N6O3.HI/c1-13(28-15-7-4-6-14(10-15)26-3)11-21-19(20-2)22-12-17-23-18(25-24-17)16-8-5-9-27-16;/h4-10,13H,11-12H2,1-3H3,(H2,20,21,22)(H,23,24,25);1H. The summed E-state index contributed by atoms with van der Waals surface area (Å²) in [7, 11) is 3.34. The number of aliphatic imine (C=N–C) groups is 1. The van der Waals surface area contributed by atoms with Crippen LogP contribution in [0.15, 0.2) is 52.1 Å². The third kappa shape index (κ3) is 6.66. The van der Waals surface area contributed by atoms with Crippen molar-refractivity contribution in [3.63, 3.8) is 0 Å². The summed E-state index contributed by atoms with van der Waals surface area (Å²) >= 11 is 0. The molecule has 0 fully saturated rings. The average Bonchev–Trinajstić information content (AvgIpc) is 3.40. The topological polar surface area (TPSA) is 110 Å². The number of nitrogens with one attached hydrogen (secondary N) is 3. The molecule has 2 heterocycles. The number of halogens is 1. The summed E-state index contributed by atoms with van der Waals surface area (Å²) in [6, 6.07) is 11.1. The molecule has 1 atom stereocenters. The Balaban J connectivity index is 0.00000300. The molecule has 0 aliphatic carbocycles. The predicted octanol–water partition coefficient (Wildman–Crippen LogP) is 2.82. The molecule has 1 aromatic carbocycles. The molecule has 0 aliphatic rings. The van der Waals surface area contributed by atoms with Crippen LogP contribution in [0.4, 0.5) is 0 Å². The Hall–Kier alpha value is -2.76. The lowest BCUT2D eigenvalue weighted by Crippen LogP contribution is -2.41. The first-order valence-electron chi connectivity index (χ1n) is 8.88. The van der Waals surface area contributed by atoms with Crippen LogP contribution in [0.2, 0.25) is 0 Å². The van der Waals surface area contributed by atoms with E-state index < -0.39 is 0 Å². The van der Waals surface area contributed by atoms with E-state index in [9.17, 15) is 0 Å². The SMILES string of the molecule is CN=C(NCc1nc(-c2ccco2)n[nH]1)NCC(C)Oc1cccc(OC)c1.I. The van der Waals surface area contributed by atoms with Gasteiger partial charge in [0, 0.05) is 13.1 Å². The minimum atomic E-state index is -0.0681. The number of hydrogen-bond donors (Lipinski definition) is 3. The first-order valence-corrected chi connectivity index (χ1v) is 8.88. The summed E-state index contributed by atoms with van der Waals surface area (Å²) in [6.45, 7) is 3.00. The van der Waals surface area contributed by atoms with E-state index in [1.165, 1.54) is 0 Å². The smallest absolute Gasteiger partial charge is 0.216 e. The van der Waals surface area contributed by atoms with Crippen LogP contribution in [-0.4, -0.2) is 47.9 Å². The molecule has 0 saturated heterocycles. The fraction of sp³-hybridized carbons (Fsp3) is 0.316. The Bertz CT molecular complexity index is 897. The largest absolute Gasteiger partial charge is 0.497 e. The molecule has 9 nitrogen and oxygen atoms in total. The number of ether oxygens (including phenoxy) is 2. The van der Waals surface area contributed by atoms with Gasteiger partial charge in [0.2, 0.25) is 5.82 Å². The zero-order valence-electron chi connectivity index (χ0n) is 16.5. The molecule has 0 amide bonds. The van der Waals surface area contributed by atoms with E-state index in [2.05, 4.69) is 30.8 Å². The zero-order chi connectivity index (χ0) is 19.8. The third-order valence-corrected chi connectivity index (χ3v) is 3.86. The van der Waals surface area contributed by atoms with Crippen LogP contribution in [0.3, 0.4) is 0 Å². The number of benzene rings is 1. The van der Waals surface area contributed by atoms with Crippen LogP contribution in [0, 0.1) is 0 Å². The molecule has 0 saturated carbocycles. The second-order valence-electron chi connectivity index (χ2n) is 6.00. The van der Waals surface area contributed by atoms with Gasteiger partial charge in [-0.15, -0.1) is 29.1 Å². The van der Waals surface area contributed by atoms with Gasteiger partial charge in [0.25, 0.3) is 0 Å². The summed E-state index contributed by atoms with van der Waals surface area (Å²) in [5.74, 6) is 3.96. The molecule has 29 heavy (non-hydrogen) atoms. The molecule has 0 bridgehead atoms. The normalized spacial score (nSPS) is 12.0. The van der Waals surface area contributed by atoms with Gasteiger partial charge in [0.1, 0.15) is 23.4 Å². The lowest BCUT2D eigenvalue weighted by molar-refractivity contribution is 0.223. The van der Waals surface area contributed by atoms with Crippen molar-refractivity contribution in [1.29, 1.82) is 0 Å². The summed E-state index contributed by atoms with van der Waals surface area (Å²) in [4.78, 5) is 8.59. The fourth-order valence-corrected chi connectivity index (χ4v) is 2.47. The number of hydrogen-bond acceptors (Lipinski definition) is 6. The van der Waals surface area contributed by atoms with Gasteiger partial charge < -0.3 is 24.5 Å². The van der Waals surface area contributed by atoms with Crippen LogP contribution >= 0.6 is 24.0 Å². The van der Waals surface area contributed by atoms with E-state index >= 15 is 0 Å². The number of guanidine groups is 1. The molecular weight excluding hydrogens is 487 g/mol. The van der Waals surface area contributed by atoms with Crippen molar-refractivity contribution in [1.82, 2.24) is 25.8 Å². The van der Waals surface area contributed by atoms with Gasteiger partial charge in [-0.25, -0.2) is 4.98 Å². The minimum absolute atomic E-state index is 0. The van der Waals surface area contributed by atoms with Gasteiger partial charge in [-0.3, -0.25) is 10.1 Å². The van der Waals surface area contributed by atoms with Crippen molar-refractivity contribution < 1.29 is 13.9 Å². The van der Waals surface area contributed by atoms with Crippen LogP contribution in [0.25, 0.3) is 11.6 Å². The van der Waals surface area contributed by atoms with Crippen LogP contribution in [0.5, 0.6) is 11.5 Å². The van der Waals surface area contributed by atoms with E-state index in [4.69, 9.17) is 13.9 Å². The minimum Gasteiger partial charge on any atom is -0.497 e. The average molecular weight is 512 g/mol. The predicted molar refractivity (Wildman–Crippen MR) is 121 cm³/mol. The highest BCUT2D eigenvalue weighted by Gasteiger charge is 2.10. The molecule has 0 aliphatic heterocycles. The van der Waals surface area contributed by atoms with E-state index in [0.29, 0.717) is 36.5 Å². The van der Waals surface area contributed by atoms with Crippen molar-refractivity contribution in [2.24, 2.45) is 4.99 Å². The van der Waals surface area contributed by atoms with Crippen molar-refractivity contribution in [2.75, 3.05) is 20.7 Å². The highest BCUT2D eigenvalue weighted by molar-refractivity contribution is 14.0. The molecular formula is C19H25IN6O3. The lowest BCUT2D eigenvalue weighted by Gasteiger charge is -2.17. The van der Waals surface area contributed by atoms with Crippen LogP contribution in [0.1, 0.15) is 12.7 Å². The number of methoxy groups -OCH3 is 1. The summed E-state index contributed by atoms with van der Waals surface area (Å²) < 4.78 is 16.4. The van der Waals surface area contributed by atoms with Crippen LogP contribution < -0.4 is 20.1 Å². The van der Waals surface area contributed by atoms with E-state index in [1.807, 2.05) is 37.3 Å². The van der Waals surface area contributed by atoms with Crippen molar-refractivity contribution in [3.05, 3.63) is 48.5 Å².